The van der Waals surface area contributed by atoms with E-state index in [1.807, 2.05) is 32.0 Å². The van der Waals surface area contributed by atoms with Crippen LogP contribution in [0.25, 0.3) is 0 Å². The van der Waals surface area contributed by atoms with E-state index in [-0.39, 0.29) is 5.75 Å². The topological polar surface area (TPSA) is 26.3 Å². The number of hydrogen-bond acceptors (Lipinski definition) is 2. The fraction of sp³-hybridized carbons (Fsp3) is 0.188. The lowest BCUT2D eigenvalue weighted by Gasteiger charge is -2.09. The van der Waals surface area contributed by atoms with Crippen molar-refractivity contribution in [3.05, 3.63) is 64.5 Å². The molecular formula is C16H15FO2. The van der Waals surface area contributed by atoms with E-state index < -0.39 is 5.82 Å². The number of carbonyl (C=O) groups excluding carboxylic acids is 1. The Kier molecular flexibility index (Phi) is 3.95. The highest BCUT2D eigenvalue weighted by atomic mass is 19.1. The average Bonchev–Trinajstić information content (AvgIpc) is 2.41. The van der Waals surface area contributed by atoms with Gasteiger partial charge in [-0.15, -0.1) is 0 Å². The molecule has 0 heterocycles. The van der Waals surface area contributed by atoms with Crippen LogP contribution in [0.4, 0.5) is 4.39 Å². The second kappa shape index (κ2) is 5.65. The van der Waals surface area contributed by atoms with E-state index in [1.165, 1.54) is 29.3 Å². The van der Waals surface area contributed by atoms with Crippen LogP contribution in [0.2, 0.25) is 0 Å². The summed E-state index contributed by atoms with van der Waals surface area (Å²) in [4.78, 5) is 10.5. The van der Waals surface area contributed by atoms with E-state index in [2.05, 4.69) is 0 Å². The monoisotopic (exact) mass is 258 g/mol. The number of halogens is 1. The van der Waals surface area contributed by atoms with Gasteiger partial charge in [0.2, 0.25) is 0 Å². The van der Waals surface area contributed by atoms with Gasteiger partial charge in [-0.1, -0.05) is 18.2 Å². The Morgan fingerprint density at radius 3 is 2.53 bits per heavy atom. The van der Waals surface area contributed by atoms with E-state index in [0.717, 1.165) is 5.56 Å². The van der Waals surface area contributed by atoms with Crippen molar-refractivity contribution in [1.29, 1.82) is 0 Å². The summed E-state index contributed by atoms with van der Waals surface area (Å²) in [6, 6.07) is 10.2. The molecule has 2 aromatic rings. The first-order chi connectivity index (χ1) is 9.10. The van der Waals surface area contributed by atoms with Gasteiger partial charge in [0, 0.05) is 5.56 Å². The number of ether oxygens (including phenoxy) is 1. The van der Waals surface area contributed by atoms with Crippen LogP contribution in [0, 0.1) is 19.7 Å². The number of benzene rings is 2. The minimum absolute atomic E-state index is 0.156. The molecule has 0 saturated carbocycles. The van der Waals surface area contributed by atoms with Crippen LogP contribution >= 0.6 is 0 Å². The van der Waals surface area contributed by atoms with Gasteiger partial charge >= 0.3 is 0 Å². The molecule has 0 amide bonds. The van der Waals surface area contributed by atoms with Gasteiger partial charge in [-0.05, 0) is 48.7 Å². The second-order valence-electron chi connectivity index (χ2n) is 4.51. The van der Waals surface area contributed by atoms with Crippen LogP contribution in [0.1, 0.15) is 27.0 Å². The number of hydrogen-bond donors (Lipinski definition) is 0. The number of aryl methyl sites for hydroxylation is 2. The van der Waals surface area contributed by atoms with Crippen molar-refractivity contribution in [1.82, 2.24) is 0 Å². The predicted molar refractivity (Wildman–Crippen MR) is 72.0 cm³/mol. The van der Waals surface area contributed by atoms with Crippen molar-refractivity contribution in [3.8, 4) is 5.75 Å². The van der Waals surface area contributed by atoms with E-state index in [4.69, 9.17) is 4.74 Å². The van der Waals surface area contributed by atoms with E-state index in [0.29, 0.717) is 18.5 Å². The Morgan fingerprint density at radius 1 is 1.11 bits per heavy atom. The van der Waals surface area contributed by atoms with Gasteiger partial charge in [0.1, 0.15) is 12.9 Å². The summed E-state index contributed by atoms with van der Waals surface area (Å²) < 4.78 is 19.0. The molecule has 0 saturated heterocycles. The molecule has 2 aromatic carbocycles. The number of carbonyl (C=O) groups is 1. The van der Waals surface area contributed by atoms with Crippen molar-refractivity contribution in [3.63, 3.8) is 0 Å². The third-order valence-corrected chi connectivity index (χ3v) is 3.06. The van der Waals surface area contributed by atoms with Crippen molar-refractivity contribution in [2.75, 3.05) is 0 Å². The van der Waals surface area contributed by atoms with E-state index in [1.54, 1.807) is 0 Å². The summed E-state index contributed by atoms with van der Waals surface area (Å²) >= 11 is 0. The zero-order valence-corrected chi connectivity index (χ0v) is 10.9. The second-order valence-corrected chi connectivity index (χ2v) is 4.51. The van der Waals surface area contributed by atoms with E-state index in [9.17, 15) is 9.18 Å². The van der Waals surface area contributed by atoms with E-state index >= 15 is 0 Å². The molecule has 0 fully saturated rings. The molecule has 0 bridgehead atoms. The normalized spacial score (nSPS) is 10.3. The molecular weight excluding hydrogens is 243 g/mol. The molecule has 0 aromatic heterocycles. The fourth-order valence-corrected chi connectivity index (χ4v) is 1.76. The Bertz CT molecular complexity index is 606. The van der Waals surface area contributed by atoms with Crippen molar-refractivity contribution < 1.29 is 13.9 Å². The standard InChI is InChI=1S/C16H15FO2/c1-11-3-4-14(7-12(11)2)10-19-16-6-5-13(9-18)8-15(16)17/h3-9H,10H2,1-2H3. The van der Waals surface area contributed by atoms with Crippen molar-refractivity contribution in [2.24, 2.45) is 0 Å². The summed E-state index contributed by atoms with van der Waals surface area (Å²) in [6.45, 7) is 4.37. The zero-order chi connectivity index (χ0) is 13.8. The van der Waals surface area contributed by atoms with Crippen LogP contribution in [0.5, 0.6) is 5.75 Å². The molecule has 0 aliphatic rings. The minimum Gasteiger partial charge on any atom is -0.486 e. The summed E-state index contributed by atoms with van der Waals surface area (Å²) in [5.41, 5.74) is 3.68. The molecule has 0 aliphatic heterocycles. The summed E-state index contributed by atoms with van der Waals surface area (Å²) in [7, 11) is 0. The molecule has 3 heteroatoms. The van der Waals surface area contributed by atoms with Gasteiger partial charge in [-0.25, -0.2) is 4.39 Å². The van der Waals surface area contributed by atoms with Crippen LogP contribution in [0.15, 0.2) is 36.4 Å². The van der Waals surface area contributed by atoms with Crippen LogP contribution in [0.3, 0.4) is 0 Å². The van der Waals surface area contributed by atoms with Crippen LogP contribution in [-0.4, -0.2) is 6.29 Å². The highest BCUT2D eigenvalue weighted by Gasteiger charge is 2.05. The number of aldehydes is 1. The lowest BCUT2D eigenvalue weighted by atomic mass is 10.1. The lowest BCUT2D eigenvalue weighted by Crippen LogP contribution is -1.99. The summed E-state index contributed by atoms with van der Waals surface area (Å²) in [6.07, 6.45) is 0.607. The first-order valence-corrected chi connectivity index (χ1v) is 6.04. The molecule has 2 nitrogen and oxygen atoms in total. The average molecular weight is 258 g/mol. The van der Waals surface area contributed by atoms with Gasteiger partial charge in [-0.2, -0.15) is 0 Å². The number of rotatable bonds is 4. The van der Waals surface area contributed by atoms with Crippen molar-refractivity contribution >= 4 is 6.29 Å². The fourth-order valence-electron chi connectivity index (χ4n) is 1.76. The maximum atomic E-state index is 13.6. The molecule has 98 valence electrons. The molecule has 0 atom stereocenters. The molecule has 2 rings (SSSR count). The van der Waals surface area contributed by atoms with Crippen LogP contribution in [-0.2, 0) is 6.61 Å². The molecule has 0 N–H and O–H groups in total. The quantitative estimate of drug-likeness (QED) is 0.779. The molecule has 0 radical (unpaired) electrons. The highest BCUT2D eigenvalue weighted by molar-refractivity contribution is 5.74. The SMILES string of the molecule is Cc1ccc(COc2ccc(C=O)cc2F)cc1C. The Hall–Kier alpha value is -2.16. The van der Waals surface area contributed by atoms with Gasteiger partial charge in [0.15, 0.2) is 11.6 Å². The van der Waals surface area contributed by atoms with Crippen LogP contribution < -0.4 is 4.74 Å². The molecule has 0 aliphatic carbocycles. The maximum Gasteiger partial charge on any atom is 0.165 e. The minimum atomic E-state index is -0.520. The van der Waals surface area contributed by atoms with Gasteiger partial charge in [0.25, 0.3) is 0 Å². The molecule has 19 heavy (non-hydrogen) atoms. The third-order valence-electron chi connectivity index (χ3n) is 3.06. The largest absolute Gasteiger partial charge is 0.486 e. The van der Waals surface area contributed by atoms with Crippen molar-refractivity contribution in [2.45, 2.75) is 20.5 Å². The Morgan fingerprint density at radius 2 is 1.89 bits per heavy atom. The van der Waals surface area contributed by atoms with Gasteiger partial charge < -0.3 is 4.74 Å². The Labute approximate surface area is 111 Å². The first kappa shape index (κ1) is 13.3. The predicted octanol–water partition coefficient (Wildman–Crippen LogP) is 3.83. The van der Waals surface area contributed by atoms with Gasteiger partial charge in [0.05, 0.1) is 0 Å². The zero-order valence-electron chi connectivity index (χ0n) is 10.9. The lowest BCUT2D eigenvalue weighted by molar-refractivity contribution is 0.112. The highest BCUT2D eigenvalue weighted by Crippen LogP contribution is 2.19. The maximum absolute atomic E-state index is 13.6. The Balaban J connectivity index is 2.09. The summed E-state index contributed by atoms with van der Waals surface area (Å²) in [5.74, 6) is -0.364. The van der Waals surface area contributed by atoms with Gasteiger partial charge in [-0.3, -0.25) is 4.79 Å². The third kappa shape index (κ3) is 3.19. The summed E-state index contributed by atoms with van der Waals surface area (Å²) in [5, 5.41) is 0. The molecule has 0 unspecified atom stereocenters. The smallest absolute Gasteiger partial charge is 0.165 e. The first-order valence-electron chi connectivity index (χ1n) is 6.04. The molecule has 0 spiro atoms.